The fourth-order valence-corrected chi connectivity index (χ4v) is 4.24. The molecule has 0 aliphatic heterocycles. The van der Waals surface area contributed by atoms with E-state index in [1.165, 1.54) is 11.1 Å². The van der Waals surface area contributed by atoms with Crippen LogP contribution < -0.4 is 9.80 Å². The molecular weight excluding hydrogens is 412 g/mol. The van der Waals surface area contributed by atoms with E-state index in [2.05, 4.69) is 157 Å². The van der Waals surface area contributed by atoms with E-state index in [-0.39, 0.29) is 0 Å². The fourth-order valence-electron chi connectivity index (χ4n) is 4.24. The first-order valence-electron chi connectivity index (χ1n) is 11.6. The third-order valence-corrected chi connectivity index (χ3v) is 5.98. The zero-order valence-corrected chi connectivity index (χ0v) is 19.6. The molecule has 0 saturated carbocycles. The highest BCUT2D eigenvalue weighted by Gasteiger charge is 2.21. The average Bonchev–Trinajstić information content (AvgIpc) is 2.89. The summed E-state index contributed by atoms with van der Waals surface area (Å²) < 4.78 is 0. The van der Waals surface area contributed by atoms with Crippen molar-refractivity contribution in [2.75, 3.05) is 9.80 Å². The van der Waals surface area contributed by atoms with E-state index >= 15 is 0 Å². The Labute approximate surface area is 202 Å². The van der Waals surface area contributed by atoms with Gasteiger partial charge in [0.15, 0.2) is 0 Å². The monoisotopic (exact) mass is 440 g/mol. The van der Waals surface area contributed by atoms with Crippen LogP contribution in [0.25, 0.3) is 0 Å². The first-order valence-corrected chi connectivity index (χ1v) is 11.6. The molecule has 166 valence electrons. The Hall–Kier alpha value is -4.30. The SMILES string of the molecule is Cc1ccc(N(c2ccc(C)cc2)c2ccccc2N(c2ccccc2)c2ccccc2)cc1. The summed E-state index contributed by atoms with van der Waals surface area (Å²) in [6, 6.07) is 47.2. The second-order valence-electron chi connectivity index (χ2n) is 8.50. The molecule has 34 heavy (non-hydrogen) atoms. The average molecular weight is 441 g/mol. The lowest BCUT2D eigenvalue weighted by atomic mass is 10.1. The van der Waals surface area contributed by atoms with Gasteiger partial charge in [-0.05, 0) is 74.5 Å². The van der Waals surface area contributed by atoms with Crippen LogP contribution in [0.2, 0.25) is 0 Å². The largest absolute Gasteiger partial charge is 0.308 e. The molecule has 0 radical (unpaired) electrons. The van der Waals surface area contributed by atoms with Gasteiger partial charge in [0.25, 0.3) is 0 Å². The van der Waals surface area contributed by atoms with E-state index in [9.17, 15) is 0 Å². The van der Waals surface area contributed by atoms with Gasteiger partial charge in [-0.15, -0.1) is 0 Å². The van der Waals surface area contributed by atoms with Gasteiger partial charge in [-0.1, -0.05) is 83.9 Å². The summed E-state index contributed by atoms with van der Waals surface area (Å²) in [7, 11) is 0. The highest BCUT2D eigenvalue weighted by molar-refractivity contribution is 5.91. The maximum atomic E-state index is 2.34. The molecule has 0 unspecified atom stereocenters. The molecule has 0 heterocycles. The van der Waals surface area contributed by atoms with E-state index in [0.717, 1.165) is 34.1 Å². The number of nitrogens with zero attached hydrogens (tertiary/aromatic N) is 2. The van der Waals surface area contributed by atoms with E-state index in [1.807, 2.05) is 0 Å². The first kappa shape index (κ1) is 21.5. The lowest BCUT2D eigenvalue weighted by molar-refractivity contribution is 1.22. The summed E-state index contributed by atoms with van der Waals surface area (Å²) in [4.78, 5) is 4.66. The van der Waals surface area contributed by atoms with Gasteiger partial charge < -0.3 is 9.80 Å². The van der Waals surface area contributed by atoms with Gasteiger partial charge in [0.2, 0.25) is 0 Å². The standard InChI is InChI=1S/C32H28N2/c1-25-17-21-29(22-18-25)34(30-23-19-26(2)20-24-30)32-16-10-9-15-31(32)33(27-11-5-3-6-12-27)28-13-7-4-8-14-28/h3-24H,1-2H3. The minimum Gasteiger partial charge on any atom is -0.308 e. The van der Waals surface area contributed by atoms with E-state index in [1.54, 1.807) is 0 Å². The summed E-state index contributed by atoms with van der Waals surface area (Å²) in [5, 5.41) is 0. The Bertz CT molecular complexity index is 1260. The van der Waals surface area contributed by atoms with Crippen molar-refractivity contribution in [3.63, 3.8) is 0 Å². The molecule has 2 nitrogen and oxygen atoms in total. The molecule has 0 saturated heterocycles. The second-order valence-corrected chi connectivity index (χ2v) is 8.50. The third-order valence-electron chi connectivity index (χ3n) is 5.98. The maximum Gasteiger partial charge on any atom is 0.0702 e. The van der Waals surface area contributed by atoms with Crippen LogP contribution in [0.4, 0.5) is 34.1 Å². The number of anilines is 6. The molecule has 5 aromatic rings. The zero-order valence-electron chi connectivity index (χ0n) is 19.6. The predicted molar refractivity (Wildman–Crippen MR) is 145 cm³/mol. The first-order chi connectivity index (χ1) is 16.7. The number of hydrogen-bond donors (Lipinski definition) is 0. The van der Waals surface area contributed by atoms with Crippen molar-refractivity contribution in [2.24, 2.45) is 0 Å². The molecule has 0 aromatic heterocycles. The van der Waals surface area contributed by atoms with E-state index < -0.39 is 0 Å². The van der Waals surface area contributed by atoms with Crippen molar-refractivity contribution in [1.82, 2.24) is 0 Å². The number of para-hydroxylation sites is 4. The van der Waals surface area contributed by atoms with Gasteiger partial charge in [-0.3, -0.25) is 0 Å². The molecule has 0 amide bonds. The topological polar surface area (TPSA) is 6.48 Å². The second kappa shape index (κ2) is 9.68. The van der Waals surface area contributed by atoms with Crippen LogP contribution in [-0.2, 0) is 0 Å². The normalized spacial score (nSPS) is 10.6. The van der Waals surface area contributed by atoms with Crippen LogP contribution >= 0.6 is 0 Å². The molecule has 2 heteroatoms. The molecule has 0 spiro atoms. The summed E-state index contributed by atoms with van der Waals surface area (Å²) in [6.45, 7) is 4.25. The van der Waals surface area contributed by atoms with E-state index in [4.69, 9.17) is 0 Å². The Kier molecular flexibility index (Phi) is 6.13. The van der Waals surface area contributed by atoms with Crippen molar-refractivity contribution in [1.29, 1.82) is 0 Å². The predicted octanol–water partition coefficient (Wildman–Crippen LogP) is 9.24. The van der Waals surface area contributed by atoms with Gasteiger partial charge in [0.1, 0.15) is 0 Å². The molecule has 0 aliphatic rings. The quantitative estimate of drug-likeness (QED) is 0.259. The molecule has 5 rings (SSSR count). The Morgan fingerprint density at radius 1 is 0.324 bits per heavy atom. The minimum absolute atomic E-state index is 1.11. The van der Waals surface area contributed by atoms with Crippen molar-refractivity contribution < 1.29 is 0 Å². The van der Waals surface area contributed by atoms with Crippen molar-refractivity contribution >= 4 is 34.1 Å². The van der Waals surface area contributed by atoms with Crippen molar-refractivity contribution in [2.45, 2.75) is 13.8 Å². The number of aryl methyl sites for hydroxylation is 2. The van der Waals surface area contributed by atoms with Gasteiger partial charge in [-0.25, -0.2) is 0 Å². The Morgan fingerprint density at radius 3 is 0.971 bits per heavy atom. The zero-order chi connectivity index (χ0) is 23.3. The number of rotatable bonds is 6. The van der Waals surface area contributed by atoms with Gasteiger partial charge in [0.05, 0.1) is 11.4 Å². The third kappa shape index (κ3) is 4.44. The number of benzene rings is 5. The molecule has 0 fully saturated rings. The smallest absolute Gasteiger partial charge is 0.0702 e. The highest BCUT2D eigenvalue weighted by atomic mass is 15.2. The van der Waals surface area contributed by atoms with Crippen LogP contribution in [0.3, 0.4) is 0 Å². The van der Waals surface area contributed by atoms with Crippen molar-refractivity contribution in [3.05, 3.63) is 145 Å². The summed E-state index contributed by atoms with van der Waals surface area (Å²) >= 11 is 0. The summed E-state index contributed by atoms with van der Waals surface area (Å²) in [5.41, 5.74) is 9.21. The van der Waals surface area contributed by atoms with Crippen LogP contribution in [0.5, 0.6) is 0 Å². The van der Waals surface area contributed by atoms with E-state index in [0.29, 0.717) is 0 Å². The van der Waals surface area contributed by atoms with Crippen LogP contribution in [0.15, 0.2) is 133 Å². The van der Waals surface area contributed by atoms with Crippen molar-refractivity contribution in [3.8, 4) is 0 Å². The number of hydrogen-bond acceptors (Lipinski definition) is 2. The Morgan fingerprint density at radius 2 is 0.618 bits per heavy atom. The molecule has 0 N–H and O–H groups in total. The summed E-state index contributed by atoms with van der Waals surface area (Å²) in [6.07, 6.45) is 0. The lowest BCUT2D eigenvalue weighted by Gasteiger charge is -2.33. The molecular formula is C32H28N2. The molecule has 0 aliphatic carbocycles. The van der Waals surface area contributed by atoms with Crippen LogP contribution in [0, 0.1) is 13.8 Å². The van der Waals surface area contributed by atoms with Gasteiger partial charge >= 0.3 is 0 Å². The Balaban J connectivity index is 1.74. The summed E-state index contributed by atoms with van der Waals surface area (Å²) in [5.74, 6) is 0. The van der Waals surface area contributed by atoms with Gasteiger partial charge in [0, 0.05) is 22.7 Å². The lowest BCUT2D eigenvalue weighted by Crippen LogP contribution is -2.16. The minimum atomic E-state index is 1.11. The fraction of sp³-hybridized carbons (Fsp3) is 0.0625. The molecule has 5 aromatic carbocycles. The maximum absolute atomic E-state index is 2.34. The van der Waals surface area contributed by atoms with Crippen LogP contribution in [0.1, 0.15) is 11.1 Å². The highest BCUT2D eigenvalue weighted by Crippen LogP contribution is 2.45. The van der Waals surface area contributed by atoms with Crippen LogP contribution in [-0.4, -0.2) is 0 Å². The molecule has 0 bridgehead atoms. The molecule has 0 atom stereocenters. The van der Waals surface area contributed by atoms with Gasteiger partial charge in [-0.2, -0.15) is 0 Å².